The third-order valence-corrected chi connectivity index (χ3v) is 2.36. The third kappa shape index (κ3) is 2.13. The van der Waals surface area contributed by atoms with Gasteiger partial charge in [-0.3, -0.25) is 0 Å². The van der Waals surface area contributed by atoms with Gasteiger partial charge in [0.2, 0.25) is 0 Å². The van der Waals surface area contributed by atoms with Crippen molar-refractivity contribution in [3.05, 3.63) is 11.1 Å². The van der Waals surface area contributed by atoms with Gasteiger partial charge in [-0.2, -0.15) is 0 Å². The number of rotatable bonds is 3. The minimum atomic E-state index is -0.610. The van der Waals surface area contributed by atoms with Crippen LogP contribution < -0.4 is 0 Å². The minimum Gasteiger partial charge on any atom is -0.465 e. The lowest BCUT2D eigenvalue weighted by molar-refractivity contribution is -0.144. The van der Waals surface area contributed by atoms with E-state index in [4.69, 9.17) is 0 Å². The van der Waals surface area contributed by atoms with E-state index in [-0.39, 0.29) is 5.57 Å². The lowest BCUT2D eigenvalue weighted by Crippen LogP contribution is -2.18. The molecule has 14 heavy (non-hydrogen) atoms. The summed E-state index contributed by atoms with van der Waals surface area (Å²) in [6.45, 7) is 1.78. The summed E-state index contributed by atoms with van der Waals surface area (Å²) >= 11 is 0. The van der Waals surface area contributed by atoms with Crippen molar-refractivity contribution in [2.75, 3.05) is 14.2 Å². The fourth-order valence-electron chi connectivity index (χ4n) is 1.33. The molecule has 0 unspecified atom stereocenters. The van der Waals surface area contributed by atoms with E-state index in [1.165, 1.54) is 14.2 Å². The van der Waals surface area contributed by atoms with E-state index < -0.39 is 11.9 Å². The summed E-state index contributed by atoms with van der Waals surface area (Å²) < 4.78 is 9.07. The average Bonchev–Trinajstić information content (AvgIpc) is 3.00. The zero-order valence-corrected chi connectivity index (χ0v) is 8.62. The summed E-state index contributed by atoms with van der Waals surface area (Å²) in [4.78, 5) is 22.6. The third-order valence-electron chi connectivity index (χ3n) is 2.36. The van der Waals surface area contributed by atoms with Crippen LogP contribution in [0.4, 0.5) is 0 Å². The van der Waals surface area contributed by atoms with Crippen LogP contribution in [-0.2, 0) is 19.1 Å². The minimum absolute atomic E-state index is 0.0532. The van der Waals surface area contributed by atoms with E-state index in [0.29, 0.717) is 5.92 Å². The predicted molar refractivity (Wildman–Crippen MR) is 49.5 cm³/mol. The molecule has 0 aromatic rings. The van der Waals surface area contributed by atoms with Gasteiger partial charge in [0.05, 0.1) is 14.2 Å². The van der Waals surface area contributed by atoms with Crippen LogP contribution in [0, 0.1) is 5.92 Å². The van der Waals surface area contributed by atoms with E-state index in [1.807, 2.05) is 0 Å². The molecule has 0 N–H and O–H groups in total. The molecule has 1 aliphatic rings. The van der Waals surface area contributed by atoms with Crippen molar-refractivity contribution in [3.8, 4) is 0 Å². The highest BCUT2D eigenvalue weighted by atomic mass is 16.5. The van der Waals surface area contributed by atoms with E-state index in [1.54, 1.807) is 6.92 Å². The molecule has 78 valence electrons. The van der Waals surface area contributed by atoms with Crippen LogP contribution in [0.1, 0.15) is 19.8 Å². The molecule has 0 heterocycles. The largest absolute Gasteiger partial charge is 0.465 e. The average molecular weight is 198 g/mol. The highest BCUT2D eigenvalue weighted by Crippen LogP contribution is 2.38. The molecule has 0 aliphatic heterocycles. The van der Waals surface area contributed by atoms with Gasteiger partial charge in [-0.25, -0.2) is 9.59 Å². The van der Waals surface area contributed by atoms with Crippen molar-refractivity contribution < 1.29 is 19.1 Å². The second-order valence-corrected chi connectivity index (χ2v) is 3.32. The van der Waals surface area contributed by atoms with Crippen LogP contribution in [0.5, 0.6) is 0 Å². The van der Waals surface area contributed by atoms with Gasteiger partial charge in [0, 0.05) is 0 Å². The number of ether oxygens (including phenoxy) is 2. The molecular formula is C10H14O4. The first kappa shape index (κ1) is 10.8. The maximum Gasteiger partial charge on any atom is 0.345 e. The van der Waals surface area contributed by atoms with Gasteiger partial charge < -0.3 is 9.47 Å². The van der Waals surface area contributed by atoms with E-state index in [0.717, 1.165) is 18.4 Å². The van der Waals surface area contributed by atoms with Crippen LogP contribution in [0.3, 0.4) is 0 Å². The van der Waals surface area contributed by atoms with Crippen molar-refractivity contribution in [3.63, 3.8) is 0 Å². The summed E-state index contributed by atoms with van der Waals surface area (Å²) in [7, 11) is 2.51. The van der Waals surface area contributed by atoms with Crippen LogP contribution in [0.25, 0.3) is 0 Å². The Bertz CT molecular complexity index is 268. The Labute approximate surface area is 82.9 Å². The number of carbonyl (C=O) groups excluding carboxylic acids is 2. The highest BCUT2D eigenvalue weighted by molar-refractivity contribution is 6.14. The standard InChI is InChI=1S/C10H14O4/c1-6(7-4-5-7)8(9(11)13-2)10(12)14-3/h7H,4-5H2,1-3H3. The first-order chi connectivity index (χ1) is 6.61. The van der Waals surface area contributed by atoms with Crippen LogP contribution in [0.2, 0.25) is 0 Å². The van der Waals surface area contributed by atoms with Crippen LogP contribution in [0.15, 0.2) is 11.1 Å². The maximum absolute atomic E-state index is 11.3. The Kier molecular flexibility index (Phi) is 3.28. The SMILES string of the molecule is COC(=O)C(C(=O)OC)=C(C)C1CC1. The predicted octanol–water partition coefficient (Wildman–Crippen LogP) is 1.06. The molecule has 1 aliphatic carbocycles. The summed E-state index contributed by atoms with van der Waals surface area (Å²) in [6.07, 6.45) is 2.06. The highest BCUT2D eigenvalue weighted by Gasteiger charge is 2.31. The van der Waals surface area contributed by atoms with Crippen LogP contribution >= 0.6 is 0 Å². The van der Waals surface area contributed by atoms with Crippen molar-refractivity contribution in [2.24, 2.45) is 5.92 Å². The molecule has 1 saturated carbocycles. The van der Waals surface area contributed by atoms with Crippen LogP contribution in [-0.4, -0.2) is 26.2 Å². The molecule has 0 saturated heterocycles. The lowest BCUT2D eigenvalue weighted by atomic mass is 10.1. The van der Waals surface area contributed by atoms with Crippen molar-refractivity contribution in [1.29, 1.82) is 0 Å². The number of hydrogen-bond donors (Lipinski definition) is 0. The smallest absolute Gasteiger partial charge is 0.345 e. The number of allylic oxidation sites excluding steroid dienone is 1. The van der Waals surface area contributed by atoms with Gasteiger partial charge in [-0.1, -0.05) is 0 Å². The molecule has 4 heteroatoms. The molecule has 0 aromatic carbocycles. The van der Waals surface area contributed by atoms with Crippen molar-refractivity contribution >= 4 is 11.9 Å². The number of hydrogen-bond acceptors (Lipinski definition) is 4. The summed E-state index contributed by atoms with van der Waals surface area (Å²) in [5, 5.41) is 0. The second kappa shape index (κ2) is 4.26. The van der Waals surface area contributed by atoms with E-state index in [2.05, 4.69) is 9.47 Å². The molecule has 0 spiro atoms. The normalized spacial score (nSPS) is 14.5. The zero-order chi connectivity index (χ0) is 10.7. The second-order valence-electron chi connectivity index (χ2n) is 3.32. The Morgan fingerprint density at radius 1 is 1.07 bits per heavy atom. The van der Waals surface area contributed by atoms with E-state index >= 15 is 0 Å². The Hall–Kier alpha value is -1.32. The monoisotopic (exact) mass is 198 g/mol. The first-order valence-electron chi connectivity index (χ1n) is 4.49. The summed E-state index contributed by atoms with van der Waals surface area (Å²) in [5.41, 5.74) is 0.834. The molecule has 0 atom stereocenters. The molecule has 1 rings (SSSR count). The van der Waals surface area contributed by atoms with Crippen molar-refractivity contribution in [1.82, 2.24) is 0 Å². The fourth-order valence-corrected chi connectivity index (χ4v) is 1.33. The molecule has 0 bridgehead atoms. The molecule has 0 amide bonds. The Morgan fingerprint density at radius 3 is 1.79 bits per heavy atom. The summed E-state index contributed by atoms with van der Waals surface area (Å²) in [6, 6.07) is 0. The van der Waals surface area contributed by atoms with E-state index in [9.17, 15) is 9.59 Å². The van der Waals surface area contributed by atoms with Gasteiger partial charge in [-0.05, 0) is 31.3 Å². The maximum atomic E-state index is 11.3. The quantitative estimate of drug-likeness (QED) is 0.294. The Morgan fingerprint density at radius 2 is 1.50 bits per heavy atom. The van der Waals surface area contributed by atoms with Gasteiger partial charge in [0.1, 0.15) is 5.57 Å². The molecule has 0 radical (unpaired) electrons. The molecule has 0 aromatic heterocycles. The van der Waals surface area contributed by atoms with Gasteiger partial charge in [0.15, 0.2) is 0 Å². The topological polar surface area (TPSA) is 52.6 Å². The fraction of sp³-hybridized carbons (Fsp3) is 0.600. The first-order valence-corrected chi connectivity index (χ1v) is 4.49. The Balaban J connectivity index is 2.96. The zero-order valence-electron chi connectivity index (χ0n) is 8.62. The number of carbonyl (C=O) groups is 2. The summed E-state index contributed by atoms with van der Waals surface area (Å²) in [5.74, 6) is -0.870. The molecule has 4 nitrogen and oxygen atoms in total. The number of esters is 2. The number of methoxy groups -OCH3 is 2. The van der Waals surface area contributed by atoms with Gasteiger partial charge in [-0.15, -0.1) is 0 Å². The molecule has 1 fully saturated rings. The van der Waals surface area contributed by atoms with Gasteiger partial charge >= 0.3 is 11.9 Å². The lowest BCUT2D eigenvalue weighted by Gasteiger charge is -2.07. The van der Waals surface area contributed by atoms with Gasteiger partial charge in [0.25, 0.3) is 0 Å². The van der Waals surface area contributed by atoms with Crippen molar-refractivity contribution in [2.45, 2.75) is 19.8 Å². The molecular weight excluding hydrogens is 184 g/mol.